The molecule has 0 atom stereocenters. The van der Waals surface area contributed by atoms with Crippen molar-refractivity contribution in [1.82, 2.24) is 14.9 Å². The van der Waals surface area contributed by atoms with E-state index in [-0.39, 0.29) is 12.0 Å². The first-order valence-corrected chi connectivity index (χ1v) is 9.39. The molecule has 0 bridgehead atoms. The molecule has 0 aliphatic carbocycles. The van der Waals surface area contributed by atoms with Gasteiger partial charge in [0, 0.05) is 18.4 Å². The second-order valence-corrected chi connectivity index (χ2v) is 8.85. The van der Waals surface area contributed by atoms with Gasteiger partial charge < -0.3 is 4.52 Å². The highest BCUT2D eigenvalue weighted by Gasteiger charge is 2.22. The van der Waals surface area contributed by atoms with E-state index >= 15 is 0 Å². The third-order valence-electron chi connectivity index (χ3n) is 3.62. The third-order valence-corrected chi connectivity index (χ3v) is 5.39. The highest BCUT2D eigenvalue weighted by Crippen LogP contribution is 2.22. The van der Waals surface area contributed by atoms with Crippen LogP contribution in [0.15, 0.2) is 21.6 Å². The maximum absolute atomic E-state index is 12.6. The van der Waals surface area contributed by atoms with E-state index in [0.717, 1.165) is 16.7 Å². The predicted octanol–water partition coefficient (Wildman–Crippen LogP) is 2.81. The van der Waals surface area contributed by atoms with E-state index in [2.05, 4.69) is 14.9 Å². The van der Waals surface area contributed by atoms with Crippen molar-refractivity contribution in [3.63, 3.8) is 0 Å². The zero-order valence-corrected chi connectivity index (χ0v) is 15.9. The summed E-state index contributed by atoms with van der Waals surface area (Å²) in [4.78, 5) is 4.65. The monoisotopic (exact) mass is 351 g/mol. The predicted molar refractivity (Wildman–Crippen MR) is 92.5 cm³/mol. The van der Waals surface area contributed by atoms with Gasteiger partial charge in [-0.25, -0.2) is 13.1 Å². The van der Waals surface area contributed by atoms with Gasteiger partial charge in [-0.05, 0) is 31.9 Å². The van der Waals surface area contributed by atoms with Crippen molar-refractivity contribution in [1.29, 1.82) is 0 Å². The van der Waals surface area contributed by atoms with Crippen LogP contribution in [-0.4, -0.2) is 25.1 Å². The number of aryl methyl sites for hydroxylation is 3. The fraction of sp³-hybridized carbons (Fsp3) is 0.529. The summed E-state index contributed by atoms with van der Waals surface area (Å²) in [7, 11) is -3.57. The molecule has 0 aliphatic rings. The van der Waals surface area contributed by atoms with Gasteiger partial charge in [-0.1, -0.05) is 43.6 Å². The molecule has 6 nitrogen and oxygen atoms in total. The van der Waals surface area contributed by atoms with Crippen LogP contribution < -0.4 is 4.72 Å². The van der Waals surface area contributed by atoms with Crippen molar-refractivity contribution in [3.8, 4) is 0 Å². The van der Waals surface area contributed by atoms with Crippen molar-refractivity contribution >= 4 is 10.0 Å². The molecule has 2 rings (SSSR count). The molecule has 0 saturated carbocycles. The van der Waals surface area contributed by atoms with E-state index < -0.39 is 10.0 Å². The highest BCUT2D eigenvalue weighted by atomic mass is 32.2. The molecule has 0 saturated heterocycles. The summed E-state index contributed by atoms with van der Waals surface area (Å²) in [5.41, 5.74) is 2.32. The molecule has 0 radical (unpaired) electrons. The largest absolute Gasteiger partial charge is 0.339 e. The topological polar surface area (TPSA) is 85.1 Å². The number of benzene rings is 1. The summed E-state index contributed by atoms with van der Waals surface area (Å²) in [6.07, 6.45) is 0.378. The fourth-order valence-electron chi connectivity index (χ4n) is 2.62. The molecule has 132 valence electrons. The fourth-order valence-corrected chi connectivity index (χ4v) is 4.10. The lowest BCUT2D eigenvalue weighted by molar-refractivity contribution is 0.318. The molecule has 2 aromatic rings. The highest BCUT2D eigenvalue weighted by molar-refractivity contribution is 7.89. The number of rotatable bonds is 5. The van der Waals surface area contributed by atoms with Crippen LogP contribution in [0.25, 0.3) is 0 Å². The van der Waals surface area contributed by atoms with Gasteiger partial charge in [0.2, 0.25) is 15.9 Å². The minimum atomic E-state index is -3.57. The number of sulfonamides is 1. The molecular weight excluding hydrogens is 326 g/mol. The quantitative estimate of drug-likeness (QED) is 0.895. The molecule has 0 spiro atoms. The number of hydrogen-bond donors (Lipinski definition) is 1. The SMILES string of the molecule is Cc1cc(C)c(S(=O)(=O)NCCc2noc(C(C)(C)C)n2)c(C)c1. The van der Waals surface area contributed by atoms with Gasteiger partial charge >= 0.3 is 0 Å². The Labute approximate surface area is 143 Å². The first-order chi connectivity index (χ1) is 11.0. The Kier molecular flexibility index (Phi) is 5.15. The average molecular weight is 351 g/mol. The maximum Gasteiger partial charge on any atom is 0.241 e. The van der Waals surface area contributed by atoms with Crippen molar-refractivity contribution in [2.45, 2.75) is 58.3 Å². The second-order valence-electron chi connectivity index (χ2n) is 7.14. The van der Waals surface area contributed by atoms with Crippen molar-refractivity contribution in [2.24, 2.45) is 0 Å². The number of hydrogen-bond acceptors (Lipinski definition) is 5. The summed E-state index contributed by atoms with van der Waals surface area (Å²) >= 11 is 0. The molecule has 1 aromatic carbocycles. The zero-order chi connectivity index (χ0) is 18.1. The Morgan fingerprint density at radius 1 is 1.12 bits per heavy atom. The first-order valence-electron chi connectivity index (χ1n) is 7.91. The van der Waals surface area contributed by atoms with E-state index in [1.165, 1.54) is 0 Å². The Morgan fingerprint density at radius 2 is 1.71 bits per heavy atom. The molecule has 24 heavy (non-hydrogen) atoms. The molecular formula is C17H25N3O3S. The lowest BCUT2D eigenvalue weighted by Gasteiger charge is -2.12. The third kappa shape index (κ3) is 4.21. The van der Waals surface area contributed by atoms with Gasteiger partial charge in [-0.2, -0.15) is 4.98 Å². The second kappa shape index (κ2) is 6.64. The smallest absolute Gasteiger partial charge is 0.241 e. The van der Waals surface area contributed by atoms with Gasteiger partial charge in [-0.15, -0.1) is 0 Å². The van der Waals surface area contributed by atoms with Crippen LogP contribution >= 0.6 is 0 Å². The lowest BCUT2D eigenvalue weighted by atomic mass is 9.97. The Morgan fingerprint density at radius 3 is 2.21 bits per heavy atom. The van der Waals surface area contributed by atoms with Crippen molar-refractivity contribution in [2.75, 3.05) is 6.54 Å². The standard InChI is InChI=1S/C17H25N3O3S/c1-11-9-12(2)15(13(3)10-11)24(21,22)18-8-7-14-19-16(23-20-14)17(4,5)6/h9-10,18H,7-8H2,1-6H3. The summed E-state index contributed by atoms with van der Waals surface area (Å²) in [5, 5.41) is 3.90. The van der Waals surface area contributed by atoms with Gasteiger partial charge in [-0.3, -0.25) is 0 Å². The summed E-state index contributed by atoms with van der Waals surface area (Å²) < 4.78 is 33.0. The minimum Gasteiger partial charge on any atom is -0.339 e. The molecule has 1 N–H and O–H groups in total. The normalized spacial score (nSPS) is 12.6. The van der Waals surface area contributed by atoms with Crippen LogP contribution in [0.5, 0.6) is 0 Å². The van der Waals surface area contributed by atoms with Crippen molar-refractivity contribution in [3.05, 3.63) is 40.5 Å². The molecule has 1 heterocycles. The minimum absolute atomic E-state index is 0.220. The average Bonchev–Trinajstić information content (AvgIpc) is 2.85. The van der Waals surface area contributed by atoms with Crippen LogP contribution in [0.1, 0.15) is 49.2 Å². The van der Waals surface area contributed by atoms with Crippen LogP contribution in [0.3, 0.4) is 0 Å². The molecule has 0 fully saturated rings. The molecule has 0 amide bonds. The van der Waals surface area contributed by atoms with Gasteiger partial charge in [0.05, 0.1) is 4.90 Å². The number of nitrogens with one attached hydrogen (secondary N) is 1. The van der Waals surface area contributed by atoms with E-state index in [1.807, 2.05) is 53.7 Å². The summed E-state index contributed by atoms with van der Waals surface area (Å²) in [5.74, 6) is 1.05. The van der Waals surface area contributed by atoms with E-state index in [0.29, 0.717) is 23.0 Å². The van der Waals surface area contributed by atoms with E-state index in [9.17, 15) is 8.42 Å². The zero-order valence-electron chi connectivity index (χ0n) is 15.1. The van der Waals surface area contributed by atoms with Crippen LogP contribution in [0.4, 0.5) is 0 Å². The first kappa shape index (κ1) is 18.6. The summed E-state index contributed by atoms with van der Waals surface area (Å²) in [6.45, 7) is 11.7. The van der Waals surface area contributed by atoms with Crippen LogP contribution in [0.2, 0.25) is 0 Å². The maximum atomic E-state index is 12.6. The van der Waals surface area contributed by atoms with Gasteiger partial charge in [0.25, 0.3) is 0 Å². The van der Waals surface area contributed by atoms with E-state index in [4.69, 9.17) is 4.52 Å². The molecule has 7 heteroatoms. The lowest BCUT2D eigenvalue weighted by Crippen LogP contribution is -2.27. The molecule has 1 aromatic heterocycles. The van der Waals surface area contributed by atoms with Crippen molar-refractivity contribution < 1.29 is 12.9 Å². The Balaban J connectivity index is 2.08. The summed E-state index contributed by atoms with van der Waals surface area (Å²) in [6, 6.07) is 3.74. The van der Waals surface area contributed by atoms with E-state index in [1.54, 1.807) is 0 Å². The van der Waals surface area contributed by atoms with Gasteiger partial charge in [0.1, 0.15) is 0 Å². The van der Waals surface area contributed by atoms with Crippen LogP contribution in [0, 0.1) is 20.8 Å². The Bertz CT molecular complexity index is 810. The molecule has 0 aliphatic heterocycles. The number of aromatic nitrogens is 2. The Hall–Kier alpha value is -1.73. The van der Waals surface area contributed by atoms with Gasteiger partial charge in [0.15, 0.2) is 5.82 Å². The van der Waals surface area contributed by atoms with Crippen LogP contribution in [-0.2, 0) is 21.9 Å². The number of nitrogens with zero attached hydrogens (tertiary/aromatic N) is 2. The molecule has 0 unspecified atom stereocenters.